The molecule has 0 spiro atoms. The van der Waals surface area contributed by atoms with E-state index in [1.807, 2.05) is 0 Å². The number of nitrogens with one attached hydrogen (secondary N) is 1. The van der Waals surface area contributed by atoms with Gasteiger partial charge in [0, 0.05) is 37.8 Å². The second-order valence-corrected chi connectivity index (χ2v) is 7.49. The zero-order chi connectivity index (χ0) is 15.5. The lowest BCUT2D eigenvalue weighted by atomic mass is 10.1. The van der Waals surface area contributed by atoms with Crippen LogP contribution in [0.3, 0.4) is 0 Å². The number of nitrogens with zero attached hydrogens (tertiary/aromatic N) is 3. The molecule has 1 aromatic rings. The molecule has 0 radical (unpaired) electrons. The number of hydrogen-bond donors (Lipinski definition) is 1. The molecule has 1 aliphatic rings. The van der Waals surface area contributed by atoms with Crippen LogP contribution >= 0.6 is 0 Å². The molecular weight excluding hydrogens is 292 g/mol. The predicted octanol–water partition coefficient (Wildman–Crippen LogP) is 0.0496. The van der Waals surface area contributed by atoms with Crippen molar-refractivity contribution in [1.82, 2.24) is 19.8 Å². The Hall–Kier alpha value is -1.41. The number of aromatic nitrogens is 2. The second-order valence-electron chi connectivity index (χ2n) is 5.14. The summed E-state index contributed by atoms with van der Waals surface area (Å²) in [6.07, 6.45) is 3.44. The third-order valence-corrected chi connectivity index (χ3v) is 5.43. The summed E-state index contributed by atoms with van der Waals surface area (Å²) in [6.45, 7) is 6.24. The fraction of sp³-hybridized carbons (Fsp3) is 0.692. The summed E-state index contributed by atoms with van der Waals surface area (Å²) in [6, 6.07) is -0.00738. The number of rotatable bonds is 5. The molecule has 0 aromatic carbocycles. The van der Waals surface area contributed by atoms with E-state index in [4.69, 9.17) is 0 Å². The highest BCUT2D eigenvalue weighted by Gasteiger charge is 2.32. The van der Waals surface area contributed by atoms with Crippen LogP contribution in [-0.4, -0.2) is 71.8 Å². The summed E-state index contributed by atoms with van der Waals surface area (Å²) in [5.74, 6) is 0.0901. The number of carbonyl (C=O) groups excluding carboxylic acids is 1. The molecule has 21 heavy (non-hydrogen) atoms. The largest absolute Gasteiger partial charge is 0.347 e. The average molecular weight is 314 g/mol. The number of sulfone groups is 1. The van der Waals surface area contributed by atoms with Crippen molar-refractivity contribution in [3.8, 4) is 0 Å². The normalized spacial score (nSPS) is 20.7. The summed E-state index contributed by atoms with van der Waals surface area (Å²) < 4.78 is 23.2. The minimum atomic E-state index is -3.29. The summed E-state index contributed by atoms with van der Waals surface area (Å²) in [4.78, 5) is 23.4. The highest BCUT2D eigenvalue weighted by Crippen LogP contribution is 2.22. The van der Waals surface area contributed by atoms with Crippen molar-refractivity contribution in [3.63, 3.8) is 0 Å². The first-order valence-electron chi connectivity index (χ1n) is 7.18. The van der Waals surface area contributed by atoms with Gasteiger partial charge in [0.1, 0.15) is 11.6 Å². The number of amides is 1. The van der Waals surface area contributed by atoms with Gasteiger partial charge in [-0.3, -0.25) is 9.69 Å². The Morgan fingerprint density at radius 1 is 1.43 bits per heavy atom. The molecule has 1 atom stereocenters. The smallest absolute Gasteiger partial charge is 0.237 e. The van der Waals surface area contributed by atoms with Gasteiger partial charge in [-0.2, -0.15) is 0 Å². The second kappa shape index (κ2) is 6.57. The van der Waals surface area contributed by atoms with E-state index in [1.165, 1.54) is 0 Å². The van der Waals surface area contributed by atoms with Crippen LogP contribution in [0, 0.1) is 0 Å². The van der Waals surface area contributed by atoms with E-state index in [9.17, 15) is 13.2 Å². The lowest BCUT2D eigenvalue weighted by Crippen LogP contribution is -2.51. The zero-order valence-electron chi connectivity index (χ0n) is 12.4. The van der Waals surface area contributed by atoms with Crippen molar-refractivity contribution in [1.29, 1.82) is 0 Å². The third-order valence-electron chi connectivity index (χ3n) is 3.87. The van der Waals surface area contributed by atoms with Crippen LogP contribution in [0.5, 0.6) is 0 Å². The van der Waals surface area contributed by atoms with Crippen molar-refractivity contribution in [2.45, 2.75) is 19.9 Å². The highest BCUT2D eigenvalue weighted by atomic mass is 32.2. The molecule has 1 aliphatic heterocycles. The SMILES string of the molecule is CCN1CCN(C(=O)CS(=O)(=O)CC)CC1c1ncc[nH]1. The molecule has 1 aromatic heterocycles. The fourth-order valence-electron chi connectivity index (χ4n) is 2.53. The molecule has 0 aliphatic carbocycles. The van der Waals surface area contributed by atoms with Gasteiger partial charge in [0.2, 0.25) is 5.91 Å². The number of H-pyrrole nitrogens is 1. The van der Waals surface area contributed by atoms with Crippen LogP contribution in [0.2, 0.25) is 0 Å². The van der Waals surface area contributed by atoms with Crippen molar-refractivity contribution in [2.75, 3.05) is 37.7 Å². The van der Waals surface area contributed by atoms with E-state index in [2.05, 4.69) is 21.8 Å². The summed E-state index contributed by atoms with van der Waals surface area (Å²) in [5.41, 5.74) is 0. The first-order valence-corrected chi connectivity index (χ1v) is 9.00. The third kappa shape index (κ3) is 3.82. The van der Waals surface area contributed by atoms with Crippen LogP contribution in [0.25, 0.3) is 0 Å². The Morgan fingerprint density at radius 2 is 2.19 bits per heavy atom. The number of hydrogen-bond acceptors (Lipinski definition) is 5. The maximum atomic E-state index is 12.2. The molecule has 1 saturated heterocycles. The van der Waals surface area contributed by atoms with Gasteiger partial charge in [-0.15, -0.1) is 0 Å². The van der Waals surface area contributed by atoms with E-state index in [1.54, 1.807) is 24.2 Å². The maximum Gasteiger partial charge on any atom is 0.237 e. The molecule has 1 N–H and O–H groups in total. The number of aromatic amines is 1. The molecule has 8 heteroatoms. The molecular formula is C13H22N4O3S. The molecule has 2 heterocycles. The van der Waals surface area contributed by atoms with Gasteiger partial charge in [0.25, 0.3) is 0 Å². The Labute approximate surface area is 125 Å². The Kier molecular flexibility index (Phi) is 5.00. The Morgan fingerprint density at radius 3 is 2.76 bits per heavy atom. The first kappa shape index (κ1) is 16.0. The van der Waals surface area contributed by atoms with Crippen molar-refractivity contribution >= 4 is 15.7 Å². The standard InChI is InChI=1S/C13H22N4O3S/c1-3-16-7-8-17(12(18)10-21(19,20)4-2)9-11(16)13-14-5-6-15-13/h5-6,11H,3-4,7-10H2,1-2H3,(H,14,15). The van der Waals surface area contributed by atoms with Gasteiger partial charge in [-0.05, 0) is 6.54 Å². The van der Waals surface area contributed by atoms with E-state index < -0.39 is 15.6 Å². The van der Waals surface area contributed by atoms with Crippen LogP contribution in [0.4, 0.5) is 0 Å². The molecule has 7 nitrogen and oxygen atoms in total. The summed E-state index contributed by atoms with van der Waals surface area (Å²) in [5, 5.41) is 0. The molecule has 2 rings (SSSR count). The average Bonchev–Trinajstić information content (AvgIpc) is 3.00. The number of likely N-dealkylation sites (N-methyl/N-ethyl adjacent to an activating group) is 1. The van der Waals surface area contributed by atoms with E-state index >= 15 is 0 Å². The minimum absolute atomic E-state index is 0.00469. The molecule has 1 amide bonds. The molecule has 1 unspecified atom stereocenters. The van der Waals surface area contributed by atoms with Gasteiger partial charge < -0.3 is 9.88 Å². The van der Waals surface area contributed by atoms with E-state index in [0.717, 1.165) is 18.9 Å². The van der Waals surface area contributed by atoms with Gasteiger partial charge in [-0.1, -0.05) is 13.8 Å². The van der Waals surface area contributed by atoms with Gasteiger partial charge >= 0.3 is 0 Å². The van der Waals surface area contributed by atoms with Crippen LogP contribution in [0.1, 0.15) is 25.7 Å². The highest BCUT2D eigenvalue weighted by molar-refractivity contribution is 7.92. The molecule has 1 fully saturated rings. The first-order chi connectivity index (χ1) is 9.96. The monoisotopic (exact) mass is 314 g/mol. The summed E-state index contributed by atoms with van der Waals surface area (Å²) >= 11 is 0. The van der Waals surface area contributed by atoms with Crippen molar-refractivity contribution in [3.05, 3.63) is 18.2 Å². The molecule has 0 saturated carbocycles. The zero-order valence-corrected chi connectivity index (χ0v) is 13.3. The van der Waals surface area contributed by atoms with Crippen LogP contribution in [-0.2, 0) is 14.6 Å². The van der Waals surface area contributed by atoms with Crippen LogP contribution < -0.4 is 0 Å². The quantitative estimate of drug-likeness (QED) is 0.830. The maximum absolute atomic E-state index is 12.2. The number of piperazine rings is 1. The van der Waals surface area contributed by atoms with E-state index in [-0.39, 0.29) is 17.7 Å². The van der Waals surface area contributed by atoms with E-state index in [0.29, 0.717) is 13.1 Å². The lowest BCUT2D eigenvalue weighted by molar-refractivity contribution is -0.131. The Balaban J connectivity index is 2.09. The topological polar surface area (TPSA) is 86.4 Å². The predicted molar refractivity (Wildman–Crippen MR) is 79.5 cm³/mol. The summed E-state index contributed by atoms with van der Waals surface area (Å²) in [7, 11) is -3.29. The van der Waals surface area contributed by atoms with Gasteiger partial charge in [0.05, 0.1) is 6.04 Å². The molecule has 118 valence electrons. The van der Waals surface area contributed by atoms with Gasteiger partial charge in [0.15, 0.2) is 9.84 Å². The van der Waals surface area contributed by atoms with Gasteiger partial charge in [-0.25, -0.2) is 13.4 Å². The molecule has 0 bridgehead atoms. The van der Waals surface area contributed by atoms with Crippen molar-refractivity contribution < 1.29 is 13.2 Å². The number of carbonyl (C=O) groups is 1. The van der Waals surface area contributed by atoms with Crippen LogP contribution in [0.15, 0.2) is 12.4 Å². The number of imidazole rings is 1. The Bertz CT molecular complexity index is 570. The lowest BCUT2D eigenvalue weighted by Gasteiger charge is -2.40. The van der Waals surface area contributed by atoms with Crippen molar-refractivity contribution in [2.24, 2.45) is 0 Å². The fourth-order valence-corrected chi connectivity index (χ4v) is 3.29. The minimum Gasteiger partial charge on any atom is -0.347 e.